The summed E-state index contributed by atoms with van der Waals surface area (Å²) >= 11 is 0. The van der Waals surface area contributed by atoms with Gasteiger partial charge in [0, 0.05) is 37.9 Å². The summed E-state index contributed by atoms with van der Waals surface area (Å²) in [5, 5.41) is 13.8. The molecular formula is C17H22N4O2. The smallest absolute Gasteiger partial charge is 0.223 e. The molecule has 1 fully saturated rings. The predicted molar refractivity (Wildman–Crippen MR) is 87.3 cm³/mol. The highest BCUT2D eigenvalue weighted by Crippen LogP contribution is 2.29. The zero-order valence-corrected chi connectivity index (χ0v) is 13.2. The average molecular weight is 314 g/mol. The van der Waals surface area contributed by atoms with Crippen molar-refractivity contribution in [2.45, 2.75) is 57.8 Å². The van der Waals surface area contributed by atoms with Crippen molar-refractivity contribution in [1.29, 1.82) is 0 Å². The van der Waals surface area contributed by atoms with E-state index in [9.17, 15) is 9.90 Å². The first-order chi connectivity index (χ1) is 11.2. The first-order valence-electron chi connectivity index (χ1n) is 8.44. The van der Waals surface area contributed by atoms with Crippen LogP contribution in [0.2, 0.25) is 0 Å². The van der Waals surface area contributed by atoms with Gasteiger partial charge in [0.15, 0.2) is 11.6 Å². The number of nitrogens with one attached hydrogen (secondary N) is 1. The molecule has 122 valence electrons. The van der Waals surface area contributed by atoms with Gasteiger partial charge in [0.2, 0.25) is 5.43 Å². The maximum atomic E-state index is 11.7. The molecule has 1 aliphatic heterocycles. The lowest BCUT2D eigenvalue weighted by Crippen LogP contribution is -2.31. The van der Waals surface area contributed by atoms with Crippen LogP contribution < -0.4 is 10.7 Å². The summed E-state index contributed by atoms with van der Waals surface area (Å²) in [6.45, 7) is 2.34. The minimum Gasteiger partial charge on any atom is -0.503 e. The van der Waals surface area contributed by atoms with E-state index < -0.39 is 0 Å². The summed E-state index contributed by atoms with van der Waals surface area (Å²) < 4.78 is 4.02. The Kier molecular flexibility index (Phi) is 3.69. The highest BCUT2D eigenvalue weighted by molar-refractivity contribution is 5.61. The highest BCUT2D eigenvalue weighted by Gasteiger charge is 2.24. The van der Waals surface area contributed by atoms with Gasteiger partial charge in [0.05, 0.1) is 11.9 Å². The van der Waals surface area contributed by atoms with Crippen molar-refractivity contribution in [2.24, 2.45) is 0 Å². The third-order valence-electron chi connectivity index (χ3n) is 5.04. The van der Waals surface area contributed by atoms with Crippen molar-refractivity contribution < 1.29 is 5.11 Å². The second-order valence-corrected chi connectivity index (χ2v) is 6.51. The van der Waals surface area contributed by atoms with Crippen LogP contribution in [0.4, 0.5) is 0 Å². The van der Waals surface area contributed by atoms with Gasteiger partial charge in [-0.2, -0.15) is 0 Å². The van der Waals surface area contributed by atoms with E-state index in [0.717, 1.165) is 25.3 Å². The van der Waals surface area contributed by atoms with Crippen LogP contribution in [0.15, 0.2) is 23.3 Å². The molecule has 1 saturated carbocycles. The van der Waals surface area contributed by atoms with E-state index in [0.29, 0.717) is 17.6 Å². The fourth-order valence-electron chi connectivity index (χ4n) is 3.74. The number of aryl methyl sites for hydroxylation is 1. The summed E-state index contributed by atoms with van der Waals surface area (Å²) in [4.78, 5) is 16.2. The highest BCUT2D eigenvalue weighted by atomic mass is 16.3. The van der Waals surface area contributed by atoms with Crippen LogP contribution in [-0.2, 0) is 19.6 Å². The van der Waals surface area contributed by atoms with E-state index in [2.05, 4.69) is 14.9 Å². The number of rotatable bonds is 3. The van der Waals surface area contributed by atoms with E-state index in [-0.39, 0.29) is 11.2 Å². The standard InChI is InChI=1S/C17H22N4O2/c22-14-6-7-20-8-9-21-13(10-18-12-4-2-1-3-5-12)11-19-17(21)15(20)16(14)23/h6-7,11-12,18,23H,1-5,8-10H2. The zero-order chi connectivity index (χ0) is 15.8. The molecular weight excluding hydrogens is 292 g/mol. The van der Waals surface area contributed by atoms with Gasteiger partial charge in [-0.1, -0.05) is 19.3 Å². The van der Waals surface area contributed by atoms with Gasteiger partial charge >= 0.3 is 0 Å². The molecule has 0 saturated heterocycles. The number of hydrogen-bond acceptors (Lipinski definition) is 4. The summed E-state index contributed by atoms with van der Waals surface area (Å²) in [6, 6.07) is 2.00. The largest absolute Gasteiger partial charge is 0.503 e. The minimum atomic E-state index is -0.352. The normalized spacial score (nSPS) is 17.7. The molecule has 2 aromatic heterocycles. The molecule has 6 heteroatoms. The fraction of sp³-hybridized carbons (Fsp3) is 0.529. The lowest BCUT2D eigenvalue weighted by Gasteiger charge is -2.25. The van der Waals surface area contributed by atoms with Crippen LogP contribution in [0, 0.1) is 0 Å². The van der Waals surface area contributed by atoms with Crippen LogP contribution in [-0.4, -0.2) is 25.3 Å². The molecule has 2 aromatic rings. The molecule has 0 aromatic carbocycles. The number of nitrogens with zero attached hydrogens (tertiary/aromatic N) is 3. The van der Waals surface area contributed by atoms with Crippen molar-refractivity contribution in [3.63, 3.8) is 0 Å². The van der Waals surface area contributed by atoms with E-state index in [1.165, 1.54) is 38.2 Å². The molecule has 0 radical (unpaired) electrons. The Morgan fingerprint density at radius 3 is 2.91 bits per heavy atom. The lowest BCUT2D eigenvalue weighted by atomic mass is 9.95. The Labute approximate surface area is 134 Å². The third kappa shape index (κ3) is 2.57. The molecule has 2 N–H and O–H groups in total. The number of aromatic hydroxyl groups is 1. The van der Waals surface area contributed by atoms with Crippen molar-refractivity contribution in [3.05, 3.63) is 34.4 Å². The second kappa shape index (κ2) is 5.85. The van der Waals surface area contributed by atoms with Gasteiger partial charge in [-0.15, -0.1) is 0 Å². The maximum absolute atomic E-state index is 11.7. The van der Waals surface area contributed by atoms with Crippen molar-refractivity contribution in [2.75, 3.05) is 0 Å². The number of aromatic nitrogens is 3. The third-order valence-corrected chi connectivity index (χ3v) is 5.04. The molecule has 0 unspecified atom stereocenters. The molecule has 4 rings (SSSR count). The summed E-state index contributed by atoms with van der Waals surface area (Å²) in [5.41, 5.74) is 1.30. The molecule has 1 aliphatic carbocycles. The molecule has 2 aliphatic rings. The molecule has 0 spiro atoms. The Morgan fingerprint density at radius 1 is 1.26 bits per heavy atom. The van der Waals surface area contributed by atoms with Crippen molar-refractivity contribution in [3.8, 4) is 17.3 Å². The van der Waals surface area contributed by atoms with Gasteiger partial charge in [-0.05, 0) is 12.8 Å². The van der Waals surface area contributed by atoms with Crippen LogP contribution >= 0.6 is 0 Å². The molecule has 0 amide bonds. The Balaban J connectivity index is 1.60. The second-order valence-electron chi connectivity index (χ2n) is 6.51. The summed E-state index contributed by atoms with van der Waals surface area (Å²) in [5.74, 6) is 0.484. The Hall–Kier alpha value is -2.08. The molecule has 3 heterocycles. The number of imidazole rings is 1. The minimum absolute atomic E-state index is 0.203. The molecule has 0 atom stereocenters. The molecule has 0 bridgehead atoms. The van der Waals surface area contributed by atoms with Crippen molar-refractivity contribution in [1.82, 2.24) is 19.4 Å². The Morgan fingerprint density at radius 2 is 2.09 bits per heavy atom. The zero-order valence-electron chi connectivity index (χ0n) is 13.2. The van der Waals surface area contributed by atoms with E-state index in [1.54, 1.807) is 6.20 Å². The fourth-order valence-corrected chi connectivity index (χ4v) is 3.74. The van der Waals surface area contributed by atoms with Gasteiger partial charge in [-0.3, -0.25) is 4.79 Å². The van der Waals surface area contributed by atoms with E-state index in [1.807, 2.05) is 10.8 Å². The lowest BCUT2D eigenvalue weighted by molar-refractivity contribution is 0.367. The van der Waals surface area contributed by atoms with Crippen LogP contribution in [0.25, 0.3) is 11.5 Å². The van der Waals surface area contributed by atoms with E-state index in [4.69, 9.17) is 0 Å². The summed E-state index contributed by atoms with van der Waals surface area (Å²) in [7, 11) is 0. The quantitative estimate of drug-likeness (QED) is 0.907. The SMILES string of the molecule is O=c1ccn2c(c1O)-c1ncc(CNC3CCCCC3)n1CC2. The monoisotopic (exact) mass is 314 g/mol. The van der Waals surface area contributed by atoms with Crippen molar-refractivity contribution >= 4 is 0 Å². The molecule has 6 nitrogen and oxygen atoms in total. The first kappa shape index (κ1) is 14.5. The van der Waals surface area contributed by atoms with Crippen LogP contribution in [0.5, 0.6) is 5.75 Å². The average Bonchev–Trinajstić information content (AvgIpc) is 3.00. The van der Waals surface area contributed by atoms with E-state index >= 15 is 0 Å². The van der Waals surface area contributed by atoms with Gasteiger partial charge in [-0.25, -0.2) is 4.98 Å². The number of fused-ring (bicyclic) bond motifs is 3. The molecule has 23 heavy (non-hydrogen) atoms. The Bertz CT molecular complexity index is 771. The number of pyridine rings is 1. The summed E-state index contributed by atoms with van der Waals surface area (Å²) in [6.07, 6.45) is 10.1. The van der Waals surface area contributed by atoms with Gasteiger partial charge in [0.1, 0.15) is 5.69 Å². The van der Waals surface area contributed by atoms with Gasteiger partial charge in [0.25, 0.3) is 0 Å². The van der Waals surface area contributed by atoms with Crippen LogP contribution in [0.3, 0.4) is 0 Å². The predicted octanol–water partition coefficient (Wildman–Crippen LogP) is 1.85. The maximum Gasteiger partial charge on any atom is 0.223 e. The first-order valence-corrected chi connectivity index (χ1v) is 8.44. The topological polar surface area (TPSA) is 72.1 Å². The van der Waals surface area contributed by atoms with Gasteiger partial charge < -0.3 is 19.6 Å². The van der Waals surface area contributed by atoms with Crippen LogP contribution in [0.1, 0.15) is 37.8 Å². The number of hydrogen-bond donors (Lipinski definition) is 2.